The van der Waals surface area contributed by atoms with Crippen LogP contribution < -0.4 is 0 Å². The van der Waals surface area contributed by atoms with E-state index in [4.69, 9.17) is 0 Å². The maximum absolute atomic E-state index is 13.1. The molecule has 3 nitrogen and oxygen atoms in total. The van der Waals surface area contributed by atoms with Crippen LogP contribution >= 0.6 is 0 Å². The monoisotopic (exact) mass is 344 g/mol. The average Bonchev–Trinajstić information content (AvgIpc) is 2.23. The minimum Gasteiger partial charge on any atom is -0.465 e. The van der Waals surface area contributed by atoms with Crippen molar-refractivity contribution in [1.29, 1.82) is 0 Å². The summed E-state index contributed by atoms with van der Waals surface area (Å²) in [5.41, 5.74) is 0. The lowest BCUT2D eigenvalue weighted by Crippen LogP contribution is -2.61. The van der Waals surface area contributed by atoms with Gasteiger partial charge in [-0.25, -0.2) is 4.79 Å². The van der Waals surface area contributed by atoms with E-state index in [1.54, 1.807) is 0 Å². The number of carbonyl (C=O) groups excluding carboxylic acids is 1. The lowest BCUT2D eigenvalue weighted by atomic mass is 10.2. The highest BCUT2D eigenvalue weighted by atomic mass is 19.4. The molecule has 0 aliphatic carbocycles. The lowest BCUT2D eigenvalue weighted by molar-refractivity contribution is -0.474. The van der Waals surface area contributed by atoms with Crippen molar-refractivity contribution >= 4 is 5.97 Å². The molecule has 0 N–H and O–H groups in total. The molecule has 0 aromatic carbocycles. The fraction of sp³-hybridized carbons (Fsp3) is 0.857. The topological polar surface area (TPSA) is 35.5 Å². The van der Waals surface area contributed by atoms with E-state index in [1.807, 2.05) is 4.74 Å². The van der Waals surface area contributed by atoms with Crippen molar-refractivity contribution in [2.24, 2.45) is 0 Å². The number of halogens is 11. The molecule has 0 bridgehead atoms. The lowest BCUT2D eigenvalue weighted by Gasteiger charge is -2.33. The molecule has 0 spiro atoms. The molecule has 0 aliphatic heterocycles. The number of rotatable bonds is 4. The summed E-state index contributed by atoms with van der Waals surface area (Å²) >= 11 is 0. The van der Waals surface area contributed by atoms with E-state index in [-0.39, 0.29) is 7.11 Å². The second kappa shape index (κ2) is 5.14. The maximum Gasteiger partial charge on any atom is 0.462 e. The number of alkyl halides is 11. The molecule has 0 aromatic rings. The van der Waals surface area contributed by atoms with Gasteiger partial charge in [-0.1, -0.05) is 0 Å². The number of esters is 1. The van der Waals surface area contributed by atoms with E-state index in [9.17, 15) is 53.1 Å². The van der Waals surface area contributed by atoms with Gasteiger partial charge in [-0.3, -0.25) is 4.74 Å². The predicted octanol–water partition coefficient (Wildman–Crippen LogP) is 3.19. The standard InChI is InChI=1S/C7H3F11O3/c1-20-2(19)3(8,5(11,12)13)21-7(17,18)4(9,10)6(14,15)16/h1H3/t3-/m1/s1. The van der Waals surface area contributed by atoms with Crippen LogP contribution in [0.3, 0.4) is 0 Å². The zero-order valence-corrected chi connectivity index (χ0v) is 9.38. The Hall–Kier alpha value is -1.34. The van der Waals surface area contributed by atoms with Crippen molar-refractivity contribution in [3.8, 4) is 0 Å². The van der Waals surface area contributed by atoms with Crippen LogP contribution in [0.15, 0.2) is 0 Å². The SMILES string of the molecule is COC(=O)[C@@](F)(OC(F)(F)C(F)(F)C(F)(F)F)C(F)(F)F. The Morgan fingerprint density at radius 1 is 0.762 bits per heavy atom. The van der Waals surface area contributed by atoms with E-state index in [0.717, 1.165) is 0 Å². The smallest absolute Gasteiger partial charge is 0.462 e. The molecule has 1 atom stereocenters. The van der Waals surface area contributed by atoms with Crippen LogP contribution in [0.4, 0.5) is 48.3 Å². The first kappa shape index (κ1) is 19.7. The van der Waals surface area contributed by atoms with E-state index in [0.29, 0.717) is 0 Å². The molecule has 0 radical (unpaired) electrons. The van der Waals surface area contributed by atoms with Gasteiger partial charge in [-0.05, 0) is 0 Å². The number of carbonyl (C=O) groups is 1. The molecular weight excluding hydrogens is 341 g/mol. The number of ether oxygens (including phenoxy) is 2. The van der Waals surface area contributed by atoms with Crippen molar-refractivity contribution in [2.45, 2.75) is 30.2 Å². The summed E-state index contributed by atoms with van der Waals surface area (Å²) in [6.45, 7) is 0. The fourth-order valence-corrected chi connectivity index (χ4v) is 0.752. The van der Waals surface area contributed by atoms with Gasteiger partial charge in [0.05, 0.1) is 7.11 Å². The van der Waals surface area contributed by atoms with Gasteiger partial charge >= 0.3 is 36.2 Å². The summed E-state index contributed by atoms with van der Waals surface area (Å²) in [6, 6.07) is 0. The summed E-state index contributed by atoms with van der Waals surface area (Å²) in [5, 5.41) is 0. The van der Waals surface area contributed by atoms with Gasteiger partial charge in [0.1, 0.15) is 0 Å². The van der Waals surface area contributed by atoms with Crippen molar-refractivity contribution in [3.63, 3.8) is 0 Å². The van der Waals surface area contributed by atoms with Crippen LogP contribution in [-0.2, 0) is 14.3 Å². The van der Waals surface area contributed by atoms with Crippen LogP contribution in [0.1, 0.15) is 0 Å². The Balaban J connectivity index is 5.82. The van der Waals surface area contributed by atoms with E-state index >= 15 is 0 Å². The average molecular weight is 344 g/mol. The normalized spacial score (nSPS) is 17.3. The first-order valence-corrected chi connectivity index (χ1v) is 4.30. The summed E-state index contributed by atoms with van der Waals surface area (Å²) in [6.07, 6.45) is -20.9. The van der Waals surface area contributed by atoms with Gasteiger partial charge in [0, 0.05) is 0 Å². The molecule has 21 heavy (non-hydrogen) atoms. The van der Waals surface area contributed by atoms with Gasteiger partial charge in [0.2, 0.25) is 0 Å². The molecule has 0 saturated heterocycles. The van der Waals surface area contributed by atoms with Gasteiger partial charge in [-0.15, -0.1) is 0 Å². The molecule has 0 amide bonds. The number of hydrogen-bond acceptors (Lipinski definition) is 3. The molecule has 14 heteroatoms. The van der Waals surface area contributed by atoms with Crippen molar-refractivity contribution in [1.82, 2.24) is 0 Å². The molecule has 0 rings (SSSR count). The summed E-state index contributed by atoms with van der Waals surface area (Å²) < 4.78 is 139. The Labute approximate surface area is 107 Å². The summed E-state index contributed by atoms with van der Waals surface area (Å²) in [4.78, 5) is 10.4. The Morgan fingerprint density at radius 2 is 1.14 bits per heavy atom. The molecule has 126 valence electrons. The van der Waals surface area contributed by atoms with Crippen LogP contribution in [0.25, 0.3) is 0 Å². The van der Waals surface area contributed by atoms with Crippen molar-refractivity contribution < 1.29 is 62.6 Å². The molecular formula is C7H3F11O3. The number of hydrogen-bond donors (Lipinski definition) is 0. The van der Waals surface area contributed by atoms with Gasteiger partial charge < -0.3 is 4.74 Å². The maximum atomic E-state index is 13.1. The highest BCUT2D eigenvalue weighted by Gasteiger charge is 2.80. The van der Waals surface area contributed by atoms with Crippen LogP contribution in [0.2, 0.25) is 0 Å². The highest BCUT2D eigenvalue weighted by molar-refractivity contribution is 5.78. The molecule has 0 heterocycles. The van der Waals surface area contributed by atoms with Crippen LogP contribution in [-0.4, -0.2) is 43.3 Å². The minimum atomic E-state index is -7.21. The Bertz CT molecular complexity index is 398. The van der Waals surface area contributed by atoms with Crippen LogP contribution in [0, 0.1) is 0 Å². The molecule has 0 fully saturated rings. The Kier molecular flexibility index (Phi) is 4.81. The third-order valence-electron chi connectivity index (χ3n) is 1.80. The first-order chi connectivity index (χ1) is 8.94. The zero-order chi connectivity index (χ0) is 17.5. The minimum absolute atomic E-state index is 0.0197. The summed E-state index contributed by atoms with van der Waals surface area (Å²) in [7, 11) is 0.0197. The number of methoxy groups -OCH3 is 1. The third kappa shape index (κ3) is 3.29. The predicted molar refractivity (Wildman–Crippen MR) is 38.9 cm³/mol. The second-order valence-corrected chi connectivity index (χ2v) is 3.28. The van der Waals surface area contributed by atoms with Gasteiger partial charge in [-0.2, -0.15) is 48.3 Å². The van der Waals surface area contributed by atoms with E-state index < -0.39 is 36.2 Å². The molecule has 0 aromatic heterocycles. The van der Waals surface area contributed by atoms with Crippen molar-refractivity contribution in [2.75, 3.05) is 7.11 Å². The quantitative estimate of drug-likeness (QED) is 0.581. The van der Waals surface area contributed by atoms with Gasteiger partial charge in [0.25, 0.3) is 0 Å². The first-order valence-electron chi connectivity index (χ1n) is 4.30. The molecule has 0 saturated carbocycles. The highest BCUT2D eigenvalue weighted by Crippen LogP contribution is 2.51. The largest absolute Gasteiger partial charge is 0.465 e. The fourth-order valence-electron chi connectivity index (χ4n) is 0.752. The van der Waals surface area contributed by atoms with E-state index in [2.05, 4.69) is 4.74 Å². The second-order valence-electron chi connectivity index (χ2n) is 3.28. The zero-order valence-electron chi connectivity index (χ0n) is 9.38. The van der Waals surface area contributed by atoms with Gasteiger partial charge in [0.15, 0.2) is 0 Å². The molecule has 0 unspecified atom stereocenters. The third-order valence-corrected chi connectivity index (χ3v) is 1.80. The van der Waals surface area contributed by atoms with Crippen molar-refractivity contribution in [3.05, 3.63) is 0 Å². The Morgan fingerprint density at radius 3 is 1.38 bits per heavy atom. The van der Waals surface area contributed by atoms with E-state index in [1.165, 1.54) is 0 Å². The summed E-state index contributed by atoms with van der Waals surface area (Å²) in [5.74, 6) is -16.7. The van der Waals surface area contributed by atoms with Crippen LogP contribution in [0.5, 0.6) is 0 Å². The molecule has 0 aliphatic rings.